The third-order valence-corrected chi connectivity index (χ3v) is 6.23. The van der Waals surface area contributed by atoms with Crippen LogP contribution >= 0.6 is 0 Å². The zero-order valence-corrected chi connectivity index (χ0v) is 18.8. The molecule has 0 aliphatic heterocycles. The summed E-state index contributed by atoms with van der Waals surface area (Å²) in [4.78, 5) is 24.1. The first-order chi connectivity index (χ1) is 15.5. The van der Waals surface area contributed by atoms with Crippen LogP contribution in [-0.2, 0) is 12.8 Å². The molecule has 0 radical (unpaired) electrons. The van der Waals surface area contributed by atoms with Crippen LogP contribution in [0.5, 0.6) is 0 Å². The third kappa shape index (κ3) is 5.28. The van der Waals surface area contributed by atoms with Crippen molar-refractivity contribution < 1.29 is 4.79 Å². The van der Waals surface area contributed by atoms with Crippen LogP contribution < -0.4 is 20.9 Å². The zero-order chi connectivity index (χ0) is 22.5. The number of carbonyl (C=O) groups is 1. The summed E-state index contributed by atoms with van der Waals surface area (Å²) < 4.78 is 0. The lowest BCUT2D eigenvalue weighted by molar-refractivity contribution is 0.243. The van der Waals surface area contributed by atoms with Crippen molar-refractivity contribution in [3.63, 3.8) is 0 Å². The van der Waals surface area contributed by atoms with Gasteiger partial charge in [-0.1, -0.05) is 6.07 Å². The van der Waals surface area contributed by atoms with Gasteiger partial charge in [0.05, 0.1) is 17.3 Å². The smallest absolute Gasteiger partial charge is 0.319 e. The topological polar surface area (TPSA) is 106 Å². The first kappa shape index (κ1) is 21.9. The van der Waals surface area contributed by atoms with Gasteiger partial charge in [0.1, 0.15) is 5.82 Å². The molecule has 0 bridgehead atoms. The Kier molecular flexibility index (Phi) is 6.74. The van der Waals surface area contributed by atoms with E-state index in [2.05, 4.69) is 26.9 Å². The number of aryl methyl sites for hydroxylation is 1. The Balaban J connectivity index is 1.30. The summed E-state index contributed by atoms with van der Waals surface area (Å²) in [6.45, 7) is 0. The molecule has 8 nitrogen and oxygen atoms in total. The fourth-order valence-corrected chi connectivity index (χ4v) is 4.59. The SMILES string of the molecule is CN(C)c1nc(NC2CCC(NC(=O)Nc3cccc(C#N)c3)CC2)nc2c1CCCC2. The summed E-state index contributed by atoms with van der Waals surface area (Å²) in [5, 5.41) is 18.4. The van der Waals surface area contributed by atoms with Crippen molar-refractivity contribution in [3.8, 4) is 6.07 Å². The molecule has 1 fully saturated rings. The molecule has 8 heteroatoms. The highest BCUT2D eigenvalue weighted by Gasteiger charge is 2.25. The fraction of sp³-hybridized carbons (Fsp3) is 0.500. The number of fused-ring (bicyclic) bond motifs is 1. The molecule has 2 aliphatic rings. The molecule has 0 atom stereocenters. The van der Waals surface area contributed by atoms with Crippen LogP contribution in [0.3, 0.4) is 0 Å². The normalized spacial score (nSPS) is 19.9. The van der Waals surface area contributed by atoms with Crippen molar-refractivity contribution >= 4 is 23.5 Å². The van der Waals surface area contributed by atoms with Gasteiger partial charge in [0, 0.05) is 37.4 Å². The molecular formula is C24H31N7O. The molecule has 168 valence electrons. The van der Waals surface area contributed by atoms with Crippen molar-refractivity contribution in [1.29, 1.82) is 5.26 Å². The van der Waals surface area contributed by atoms with Gasteiger partial charge in [-0.2, -0.15) is 10.2 Å². The zero-order valence-electron chi connectivity index (χ0n) is 18.8. The molecule has 4 rings (SSSR count). The molecule has 0 unspecified atom stereocenters. The van der Waals surface area contributed by atoms with Gasteiger partial charge in [0.15, 0.2) is 0 Å². The van der Waals surface area contributed by atoms with Crippen molar-refractivity contribution in [1.82, 2.24) is 15.3 Å². The number of hydrogen-bond donors (Lipinski definition) is 3. The molecule has 2 amide bonds. The Hall–Kier alpha value is -3.34. The van der Waals surface area contributed by atoms with Crippen molar-refractivity contribution in [2.75, 3.05) is 29.6 Å². The number of urea groups is 1. The van der Waals surface area contributed by atoms with Gasteiger partial charge in [-0.3, -0.25) is 0 Å². The van der Waals surface area contributed by atoms with Crippen LogP contribution in [0, 0.1) is 11.3 Å². The number of nitriles is 1. The van der Waals surface area contributed by atoms with Crippen molar-refractivity contribution in [2.24, 2.45) is 0 Å². The summed E-state index contributed by atoms with van der Waals surface area (Å²) in [6.07, 6.45) is 8.18. The minimum atomic E-state index is -0.231. The third-order valence-electron chi connectivity index (χ3n) is 6.23. The van der Waals surface area contributed by atoms with E-state index in [1.54, 1.807) is 24.3 Å². The van der Waals surface area contributed by atoms with Crippen LogP contribution in [0.15, 0.2) is 24.3 Å². The number of hydrogen-bond acceptors (Lipinski definition) is 6. The average molecular weight is 434 g/mol. The van der Waals surface area contributed by atoms with E-state index in [0.29, 0.717) is 17.3 Å². The second-order valence-corrected chi connectivity index (χ2v) is 8.88. The number of aromatic nitrogens is 2. The average Bonchev–Trinajstić information content (AvgIpc) is 2.80. The molecule has 3 N–H and O–H groups in total. The van der Waals surface area contributed by atoms with Crippen LogP contribution in [-0.4, -0.2) is 42.2 Å². The van der Waals surface area contributed by atoms with E-state index in [0.717, 1.165) is 50.3 Å². The van der Waals surface area contributed by atoms with Crippen molar-refractivity contribution in [3.05, 3.63) is 41.1 Å². The van der Waals surface area contributed by atoms with E-state index in [-0.39, 0.29) is 12.1 Å². The van der Waals surface area contributed by atoms with Gasteiger partial charge >= 0.3 is 6.03 Å². The molecule has 0 saturated heterocycles. The number of carbonyl (C=O) groups excluding carboxylic acids is 1. The Morgan fingerprint density at radius 2 is 1.84 bits per heavy atom. The Morgan fingerprint density at radius 3 is 2.59 bits per heavy atom. The van der Waals surface area contributed by atoms with E-state index in [1.807, 2.05) is 14.1 Å². The minimum absolute atomic E-state index is 0.133. The maximum atomic E-state index is 12.3. The molecule has 1 aromatic carbocycles. The van der Waals surface area contributed by atoms with E-state index in [9.17, 15) is 4.79 Å². The molecule has 1 heterocycles. The van der Waals surface area contributed by atoms with E-state index in [4.69, 9.17) is 15.2 Å². The Morgan fingerprint density at radius 1 is 1.09 bits per heavy atom. The number of benzene rings is 1. The van der Waals surface area contributed by atoms with Crippen LogP contribution in [0.25, 0.3) is 0 Å². The standard InChI is InChI=1S/C24H31N7O/c1-31(2)22-20-8-3-4-9-21(20)29-23(30-22)26-17-10-12-18(13-11-17)27-24(32)28-19-7-5-6-16(14-19)15-25/h5-7,14,17-18H,3-4,8-13H2,1-2H3,(H,26,29,30)(H2,27,28,32). The maximum absolute atomic E-state index is 12.3. The highest BCUT2D eigenvalue weighted by Crippen LogP contribution is 2.29. The largest absolute Gasteiger partial charge is 0.362 e. The van der Waals surface area contributed by atoms with Gasteiger partial charge in [0.2, 0.25) is 5.95 Å². The summed E-state index contributed by atoms with van der Waals surface area (Å²) in [5.41, 5.74) is 3.63. The molecule has 1 saturated carbocycles. The molecule has 1 aromatic heterocycles. The number of amides is 2. The summed E-state index contributed by atoms with van der Waals surface area (Å²) >= 11 is 0. The van der Waals surface area contributed by atoms with E-state index >= 15 is 0 Å². The number of anilines is 3. The molecule has 32 heavy (non-hydrogen) atoms. The lowest BCUT2D eigenvalue weighted by Gasteiger charge is -2.30. The lowest BCUT2D eigenvalue weighted by Crippen LogP contribution is -2.42. The Bertz CT molecular complexity index is 1010. The number of nitrogens with zero attached hydrogens (tertiary/aromatic N) is 4. The van der Waals surface area contributed by atoms with Crippen LogP contribution in [0.1, 0.15) is 55.3 Å². The van der Waals surface area contributed by atoms with Gasteiger partial charge in [0.25, 0.3) is 0 Å². The molecule has 0 spiro atoms. The fourth-order valence-electron chi connectivity index (χ4n) is 4.59. The van der Waals surface area contributed by atoms with Crippen molar-refractivity contribution in [2.45, 2.75) is 63.5 Å². The maximum Gasteiger partial charge on any atom is 0.319 e. The number of rotatable bonds is 5. The molecular weight excluding hydrogens is 402 g/mol. The van der Waals surface area contributed by atoms with Gasteiger partial charge in [-0.25, -0.2) is 9.78 Å². The quantitative estimate of drug-likeness (QED) is 0.662. The monoisotopic (exact) mass is 433 g/mol. The second-order valence-electron chi connectivity index (χ2n) is 8.88. The first-order valence-electron chi connectivity index (χ1n) is 11.4. The summed E-state index contributed by atoms with van der Waals surface area (Å²) in [5.74, 6) is 1.76. The van der Waals surface area contributed by atoms with Gasteiger partial charge < -0.3 is 20.9 Å². The predicted octanol–water partition coefficient (Wildman–Crippen LogP) is 3.84. The molecule has 2 aliphatic carbocycles. The predicted molar refractivity (Wildman–Crippen MR) is 126 cm³/mol. The lowest BCUT2D eigenvalue weighted by atomic mass is 9.91. The van der Waals surface area contributed by atoms with Gasteiger partial charge in [-0.05, 0) is 69.6 Å². The summed E-state index contributed by atoms with van der Waals surface area (Å²) in [7, 11) is 4.08. The first-order valence-corrected chi connectivity index (χ1v) is 11.4. The Labute approximate surface area is 189 Å². The van der Waals surface area contributed by atoms with Crippen LogP contribution in [0.4, 0.5) is 22.2 Å². The minimum Gasteiger partial charge on any atom is -0.362 e. The van der Waals surface area contributed by atoms with E-state index in [1.165, 1.54) is 24.1 Å². The highest BCUT2D eigenvalue weighted by molar-refractivity contribution is 5.89. The second kappa shape index (κ2) is 9.86. The molecule has 2 aromatic rings. The highest BCUT2D eigenvalue weighted by atomic mass is 16.2. The number of nitrogens with one attached hydrogen (secondary N) is 3. The van der Waals surface area contributed by atoms with Gasteiger partial charge in [-0.15, -0.1) is 0 Å². The van der Waals surface area contributed by atoms with E-state index < -0.39 is 0 Å². The van der Waals surface area contributed by atoms with Crippen LogP contribution in [0.2, 0.25) is 0 Å². The summed E-state index contributed by atoms with van der Waals surface area (Å²) in [6, 6.07) is 9.21.